The molecule has 0 bridgehead atoms. The first-order valence-corrected chi connectivity index (χ1v) is 22.7. The molecule has 0 unspecified atom stereocenters. The van der Waals surface area contributed by atoms with Crippen LogP contribution in [0.15, 0.2) is 35.2 Å². The zero-order chi connectivity index (χ0) is 28.6. The van der Waals surface area contributed by atoms with Gasteiger partial charge in [-0.15, -0.1) is 0 Å². The summed E-state index contributed by atoms with van der Waals surface area (Å²) in [6.45, 7) is 27.6. The van der Waals surface area contributed by atoms with Crippen LogP contribution >= 0.6 is 21.8 Å². The van der Waals surface area contributed by atoms with Gasteiger partial charge in [0.25, 0.3) is 0 Å². The summed E-state index contributed by atoms with van der Waals surface area (Å²) in [4.78, 5) is 20.7. The number of carbonyl (C=O) groups excluding carboxylic acids is 2. The van der Waals surface area contributed by atoms with E-state index in [2.05, 4.69) is 80.0 Å². The van der Waals surface area contributed by atoms with Gasteiger partial charge in [0.1, 0.15) is 10.1 Å². The number of hydrogen-bond acceptors (Lipinski definition) is 7. The Bertz CT molecular complexity index is 1060. The highest BCUT2D eigenvalue weighted by molar-refractivity contribution is 7.86. The molecule has 0 spiro atoms. The van der Waals surface area contributed by atoms with E-state index in [1.165, 1.54) is 6.07 Å². The third-order valence-corrected chi connectivity index (χ3v) is 3.53. The van der Waals surface area contributed by atoms with Crippen LogP contribution in [0.5, 0.6) is 0 Å². The lowest BCUT2D eigenvalue weighted by Crippen LogP contribution is -2.23. The Morgan fingerprint density at radius 2 is 0.971 bits per heavy atom. The lowest BCUT2D eigenvalue weighted by molar-refractivity contribution is -0.256. The van der Waals surface area contributed by atoms with Crippen molar-refractivity contribution in [3.8, 4) is 0 Å². The predicted octanol–water partition coefficient (Wildman–Crippen LogP) is 3.04. The van der Waals surface area contributed by atoms with Crippen molar-refractivity contribution in [2.75, 3.05) is 80.0 Å². The Balaban J connectivity index is 0. The van der Waals surface area contributed by atoms with E-state index in [4.69, 9.17) is 0 Å². The van der Waals surface area contributed by atoms with E-state index in [0.29, 0.717) is 6.07 Å². The molecule has 0 heterocycles. The summed E-state index contributed by atoms with van der Waals surface area (Å²) in [5.74, 6) is -3.20. The molecule has 2 rings (SSSR count). The van der Waals surface area contributed by atoms with Crippen molar-refractivity contribution < 1.29 is 32.8 Å². The fraction of sp³-hybridized carbons (Fsp3) is 0.500. The van der Waals surface area contributed by atoms with Crippen molar-refractivity contribution in [2.45, 2.75) is 4.90 Å². The molecule has 2 aromatic carbocycles. The van der Waals surface area contributed by atoms with E-state index in [0.717, 1.165) is 18.2 Å². The van der Waals surface area contributed by atoms with Crippen molar-refractivity contribution in [3.63, 3.8) is 0 Å². The first-order valence-electron chi connectivity index (χ1n) is 10.5. The normalized spacial score (nSPS) is 11.7. The highest BCUT2D eigenvalue weighted by Crippen LogP contribution is 2.41. The molecule has 0 radical (unpaired) electrons. The zero-order valence-corrected chi connectivity index (χ0v) is 26.5. The maximum absolute atomic E-state index is 11.2. The molecule has 7 nitrogen and oxygen atoms in total. The molecule has 0 aliphatic heterocycles. The quantitative estimate of drug-likeness (QED) is 0.411. The van der Waals surface area contributed by atoms with Crippen molar-refractivity contribution >= 4 is 54.6 Å². The van der Waals surface area contributed by atoms with E-state index in [1.54, 1.807) is 0 Å². The number of fused-ring (bicyclic) bond motifs is 1. The van der Waals surface area contributed by atoms with Crippen LogP contribution in [0.4, 0.5) is 0 Å². The highest BCUT2D eigenvalue weighted by Gasteiger charge is 2.11. The highest BCUT2D eigenvalue weighted by atomic mass is 32.2. The summed E-state index contributed by atoms with van der Waals surface area (Å²) in [6.07, 6.45) is 0. The molecule has 200 valence electrons. The van der Waals surface area contributed by atoms with Crippen molar-refractivity contribution in [3.05, 3.63) is 41.5 Å². The van der Waals surface area contributed by atoms with Crippen molar-refractivity contribution in [2.24, 2.45) is 0 Å². The number of aromatic carboxylic acids is 2. The van der Waals surface area contributed by atoms with E-state index in [-0.39, 0.29) is 38.1 Å². The molecule has 2 aromatic rings. The lowest BCUT2D eigenvalue weighted by atomic mass is 10.0. The van der Waals surface area contributed by atoms with Crippen LogP contribution in [0.2, 0.25) is 0 Å². The van der Waals surface area contributed by atoms with Gasteiger partial charge in [0, 0.05) is 102 Å². The predicted molar refractivity (Wildman–Crippen MR) is 152 cm³/mol. The fourth-order valence-electron chi connectivity index (χ4n) is 1.78. The van der Waals surface area contributed by atoms with Gasteiger partial charge in [-0.05, 0) is 40.1 Å². The minimum Gasteiger partial charge on any atom is -0.744 e. The first kappa shape index (κ1) is 36.0. The van der Waals surface area contributed by atoms with Gasteiger partial charge < -0.3 is 24.4 Å². The summed E-state index contributed by atoms with van der Waals surface area (Å²) >= 11 is 0. The second-order valence-corrected chi connectivity index (χ2v) is 29.4. The van der Waals surface area contributed by atoms with Gasteiger partial charge >= 0.3 is 0 Å². The van der Waals surface area contributed by atoms with E-state index in [1.807, 2.05) is 0 Å². The van der Waals surface area contributed by atoms with Gasteiger partial charge in [-0.2, -0.15) is 0 Å². The molecule has 0 aliphatic carbocycles. The van der Waals surface area contributed by atoms with Gasteiger partial charge in [0.05, 0.1) is 16.8 Å². The van der Waals surface area contributed by atoms with Crippen LogP contribution in [-0.2, 0) is 10.1 Å². The molecule has 0 amide bonds. The van der Waals surface area contributed by atoms with Crippen LogP contribution in [0.1, 0.15) is 20.7 Å². The van der Waals surface area contributed by atoms with Crippen molar-refractivity contribution in [1.29, 1.82) is 0 Å². The Morgan fingerprint density at radius 1 is 0.629 bits per heavy atom. The lowest BCUT2D eigenvalue weighted by Gasteiger charge is -2.15. The minimum atomic E-state index is -4.98. The molecule has 0 aromatic heterocycles. The van der Waals surface area contributed by atoms with Crippen LogP contribution < -0.4 is 10.2 Å². The van der Waals surface area contributed by atoms with Crippen molar-refractivity contribution in [1.82, 2.24) is 0 Å². The third kappa shape index (κ3) is 21.8. The van der Waals surface area contributed by atoms with Crippen LogP contribution in [0.3, 0.4) is 0 Å². The summed E-state index contributed by atoms with van der Waals surface area (Å²) in [7, 11) is -6.15. The maximum Gasteiger partial charge on any atom is 0.125 e. The average Bonchev–Trinajstić information content (AvgIpc) is 2.54. The average molecular weight is 567 g/mol. The molecule has 0 fully saturated rings. The second kappa shape index (κ2) is 14.0. The zero-order valence-electron chi connectivity index (χ0n) is 23.0. The Hall–Kier alpha value is -1.16. The number of carboxylic acids is 2. The smallest absolute Gasteiger partial charge is 0.125 e. The minimum absolute atomic E-state index is 0.0890. The van der Waals surface area contributed by atoms with E-state index >= 15 is 0 Å². The summed E-state index contributed by atoms with van der Waals surface area (Å²) in [5, 5.41) is 21.4. The summed E-state index contributed by atoms with van der Waals surface area (Å²) in [6, 6.07) is 4.95. The monoisotopic (exact) mass is 566 g/mol. The molecule has 0 N–H and O–H groups in total. The summed E-state index contributed by atoms with van der Waals surface area (Å²) in [5.41, 5.74) is -0.822. The molecule has 0 saturated heterocycles. The molecule has 0 atom stereocenters. The molecular weight excluding hydrogens is 525 g/mol. The first-order chi connectivity index (χ1) is 15.2. The topological polar surface area (TPSA) is 137 Å². The molecule has 11 heteroatoms. The number of carboxylic acid groups (broad SMARTS) is 2. The fourth-order valence-corrected chi connectivity index (χ4v) is 2.49. The number of carbonyl (C=O) groups is 2. The van der Waals surface area contributed by atoms with E-state index < -0.39 is 32.5 Å². The second-order valence-electron chi connectivity index (χ2n) is 12.0. The van der Waals surface area contributed by atoms with Gasteiger partial charge in [0.15, 0.2) is 0 Å². The maximum atomic E-state index is 11.2. The standard InChI is InChI=1S/C12H8O7S.3C4H12P/c13-11(14)7-2-1-6-3-8(12(15)16)5-10(9(6)4-7)20(17,18)19;3*1-5(2,3)4/h1-5H,(H,13,14)(H,15,16)(H,17,18,19);3*1-4H3/q;3*+1/p-3. The largest absolute Gasteiger partial charge is 0.744 e. The molecule has 0 aliphatic rings. The van der Waals surface area contributed by atoms with Gasteiger partial charge in [-0.1, -0.05) is 12.1 Å². The Morgan fingerprint density at radius 3 is 1.26 bits per heavy atom. The van der Waals surface area contributed by atoms with Gasteiger partial charge in [0.2, 0.25) is 0 Å². The van der Waals surface area contributed by atoms with Gasteiger partial charge in [-0.25, -0.2) is 8.42 Å². The van der Waals surface area contributed by atoms with Gasteiger partial charge in [-0.3, -0.25) is 0 Å². The molecule has 35 heavy (non-hydrogen) atoms. The molecular formula is C24H41O7P3S. The third-order valence-electron chi connectivity index (χ3n) is 2.66. The van der Waals surface area contributed by atoms with Crippen LogP contribution in [-0.4, -0.2) is 105 Å². The number of rotatable bonds is 3. The Kier molecular flexibility index (Phi) is 14.4. The van der Waals surface area contributed by atoms with Crippen LogP contribution in [0.25, 0.3) is 10.8 Å². The van der Waals surface area contributed by atoms with E-state index in [9.17, 15) is 32.8 Å². The van der Waals surface area contributed by atoms with Crippen LogP contribution in [0, 0.1) is 0 Å². The number of benzene rings is 2. The molecule has 0 saturated carbocycles. The Labute approximate surface area is 213 Å². The SMILES string of the molecule is C[P+](C)(C)C.C[P+](C)(C)C.C[P+](C)(C)C.O=C([O-])c1cc(S(=O)(=O)[O-])c2cc(C(=O)[O-])ccc2c1. The number of hydrogen-bond donors (Lipinski definition) is 0. The summed E-state index contributed by atoms with van der Waals surface area (Å²) < 4.78 is 33.5.